The molecule has 1 aromatic rings. The lowest BCUT2D eigenvalue weighted by molar-refractivity contribution is -0.141. The molecular formula is C23H31F3N2O3S2. The first-order valence-electron chi connectivity index (χ1n) is 11.7. The third-order valence-electron chi connectivity index (χ3n) is 7.15. The number of halogens is 3. The Morgan fingerprint density at radius 3 is 2.27 bits per heavy atom. The number of carbonyl (C=O) groups is 1. The Bertz CT molecular complexity index is 968. The number of hydrogen-bond donors (Lipinski definition) is 1. The number of hydrogen-bond acceptors (Lipinski definition) is 5. The van der Waals surface area contributed by atoms with E-state index >= 15 is 0 Å². The summed E-state index contributed by atoms with van der Waals surface area (Å²) in [6.45, 7) is 0. The van der Waals surface area contributed by atoms with Gasteiger partial charge in [0.2, 0.25) is 0 Å². The normalized spacial score (nSPS) is 25.0. The van der Waals surface area contributed by atoms with Gasteiger partial charge in [0, 0.05) is 6.04 Å². The molecule has 5 nitrogen and oxygen atoms in total. The number of alkyl halides is 3. The van der Waals surface area contributed by atoms with E-state index in [1.807, 2.05) is 0 Å². The summed E-state index contributed by atoms with van der Waals surface area (Å²) >= 11 is 1.02. The second kappa shape index (κ2) is 9.76. The molecule has 33 heavy (non-hydrogen) atoms. The fourth-order valence-corrected chi connectivity index (χ4v) is 7.68. The Morgan fingerprint density at radius 2 is 1.73 bits per heavy atom. The molecule has 1 atom stereocenters. The Balaban J connectivity index is 1.42. The topological polar surface area (TPSA) is 76.1 Å². The average Bonchev–Trinajstić information content (AvgIpc) is 3.69. The van der Waals surface area contributed by atoms with E-state index in [2.05, 4.69) is 10.3 Å². The number of nitrogens with zero attached hydrogens (tertiary/aromatic N) is 1. The predicted molar refractivity (Wildman–Crippen MR) is 122 cm³/mol. The van der Waals surface area contributed by atoms with Crippen LogP contribution >= 0.6 is 11.8 Å². The second-order valence-electron chi connectivity index (χ2n) is 9.82. The molecule has 184 valence electrons. The van der Waals surface area contributed by atoms with E-state index < -0.39 is 27.6 Å². The van der Waals surface area contributed by atoms with Crippen LogP contribution in [0.4, 0.5) is 13.2 Å². The molecule has 0 bridgehead atoms. The maximum Gasteiger partial charge on any atom is 0.433 e. The molecule has 0 saturated heterocycles. The third-order valence-corrected chi connectivity index (χ3v) is 10.3. The van der Waals surface area contributed by atoms with Crippen LogP contribution in [-0.4, -0.2) is 42.6 Å². The van der Waals surface area contributed by atoms with Crippen LogP contribution in [0.1, 0.15) is 73.8 Å². The minimum Gasteiger partial charge on any atom is -0.349 e. The number of pyridine rings is 1. The molecule has 0 radical (unpaired) electrons. The van der Waals surface area contributed by atoms with Crippen LogP contribution in [0.3, 0.4) is 0 Å². The summed E-state index contributed by atoms with van der Waals surface area (Å²) in [5.74, 6) is 0.981. The Labute approximate surface area is 197 Å². The number of amides is 1. The fourth-order valence-electron chi connectivity index (χ4n) is 4.85. The maximum atomic E-state index is 13.1. The van der Waals surface area contributed by atoms with Gasteiger partial charge in [-0.3, -0.25) is 4.79 Å². The molecule has 3 aliphatic rings. The molecule has 1 unspecified atom stereocenters. The van der Waals surface area contributed by atoms with Crippen LogP contribution in [0.2, 0.25) is 0 Å². The van der Waals surface area contributed by atoms with Crippen LogP contribution in [0, 0.1) is 17.8 Å². The number of carbonyl (C=O) groups excluding carboxylic acids is 1. The van der Waals surface area contributed by atoms with Crippen molar-refractivity contribution in [2.45, 2.75) is 80.3 Å². The summed E-state index contributed by atoms with van der Waals surface area (Å²) in [5, 5.41) is 2.85. The van der Waals surface area contributed by atoms with Gasteiger partial charge in [-0.2, -0.15) is 13.2 Å². The van der Waals surface area contributed by atoms with Gasteiger partial charge in [-0.15, -0.1) is 11.8 Å². The Kier molecular flexibility index (Phi) is 7.34. The van der Waals surface area contributed by atoms with Crippen molar-refractivity contribution in [3.63, 3.8) is 0 Å². The SMILES string of the molecule is CSc1nc(C(F)(F)F)ccc1C(=O)NC(CC1CC1)C1CCC(S(=O)(=O)CC2CC2)CC1. The maximum absolute atomic E-state index is 13.1. The molecule has 0 aromatic carbocycles. The molecule has 3 aliphatic carbocycles. The Morgan fingerprint density at radius 1 is 1.09 bits per heavy atom. The minimum atomic E-state index is -4.56. The van der Waals surface area contributed by atoms with E-state index in [0.717, 1.165) is 62.8 Å². The van der Waals surface area contributed by atoms with Gasteiger partial charge in [-0.05, 0) is 81.1 Å². The quantitative estimate of drug-likeness (QED) is 0.474. The zero-order valence-corrected chi connectivity index (χ0v) is 20.4. The lowest BCUT2D eigenvalue weighted by atomic mass is 9.81. The zero-order chi connectivity index (χ0) is 23.8. The van der Waals surface area contributed by atoms with E-state index in [1.54, 1.807) is 6.26 Å². The summed E-state index contributed by atoms with van der Waals surface area (Å²) in [6, 6.07) is 1.95. The standard InChI is InChI=1S/C23H31F3N2O3S2/c1-32-22-18(10-11-20(28-22)23(24,25)26)21(29)27-19(12-14-2-3-14)16-6-8-17(9-7-16)33(30,31)13-15-4-5-15/h10-11,14-17,19H,2-9,12-13H2,1H3,(H,27,29). The molecule has 1 amide bonds. The van der Waals surface area contributed by atoms with Crippen molar-refractivity contribution in [3.8, 4) is 0 Å². The van der Waals surface area contributed by atoms with E-state index in [9.17, 15) is 26.4 Å². The van der Waals surface area contributed by atoms with Crippen molar-refractivity contribution in [3.05, 3.63) is 23.4 Å². The molecule has 10 heteroatoms. The van der Waals surface area contributed by atoms with Gasteiger partial charge in [-0.25, -0.2) is 13.4 Å². The number of sulfone groups is 1. The minimum absolute atomic E-state index is 0.0578. The first-order valence-corrected chi connectivity index (χ1v) is 14.7. The summed E-state index contributed by atoms with van der Waals surface area (Å²) in [5.41, 5.74) is -0.861. The highest BCUT2D eigenvalue weighted by Gasteiger charge is 2.39. The van der Waals surface area contributed by atoms with Gasteiger partial charge in [0.25, 0.3) is 5.91 Å². The number of thioether (sulfide) groups is 1. The van der Waals surface area contributed by atoms with Crippen molar-refractivity contribution in [1.29, 1.82) is 0 Å². The van der Waals surface area contributed by atoms with Crippen molar-refractivity contribution >= 4 is 27.5 Å². The van der Waals surface area contributed by atoms with Gasteiger partial charge in [0.15, 0.2) is 9.84 Å². The van der Waals surface area contributed by atoms with Crippen LogP contribution in [0.25, 0.3) is 0 Å². The smallest absolute Gasteiger partial charge is 0.349 e. The van der Waals surface area contributed by atoms with Crippen molar-refractivity contribution in [2.24, 2.45) is 17.8 Å². The molecule has 3 fully saturated rings. The van der Waals surface area contributed by atoms with Gasteiger partial charge < -0.3 is 5.32 Å². The molecule has 0 spiro atoms. The van der Waals surface area contributed by atoms with E-state index in [0.29, 0.717) is 30.4 Å². The first-order chi connectivity index (χ1) is 15.6. The second-order valence-corrected chi connectivity index (χ2v) is 12.9. The van der Waals surface area contributed by atoms with Crippen molar-refractivity contribution in [2.75, 3.05) is 12.0 Å². The van der Waals surface area contributed by atoms with Crippen LogP contribution in [0.15, 0.2) is 17.2 Å². The summed E-state index contributed by atoms with van der Waals surface area (Å²) in [4.78, 5) is 16.7. The zero-order valence-electron chi connectivity index (χ0n) is 18.7. The third kappa shape index (κ3) is 6.44. The fraction of sp³-hybridized carbons (Fsp3) is 0.739. The number of aromatic nitrogens is 1. The predicted octanol–water partition coefficient (Wildman–Crippen LogP) is 5.10. The van der Waals surface area contributed by atoms with Gasteiger partial charge in [0.1, 0.15) is 10.7 Å². The highest BCUT2D eigenvalue weighted by Crippen LogP contribution is 2.40. The molecule has 3 saturated carbocycles. The van der Waals surface area contributed by atoms with Crippen LogP contribution in [0.5, 0.6) is 0 Å². The van der Waals surface area contributed by atoms with Gasteiger partial charge in [0.05, 0.1) is 16.6 Å². The first kappa shape index (κ1) is 24.8. The van der Waals surface area contributed by atoms with Gasteiger partial charge >= 0.3 is 6.18 Å². The molecule has 1 N–H and O–H groups in total. The molecule has 4 rings (SSSR count). The highest BCUT2D eigenvalue weighted by molar-refractivity contribution is 7.98. The summed E-state index contributed by atoms with van der Waals surface area (Å²) in [7, 11) is -3.06. The highest BCUT2D eigenvalue weighted by atomic mass is 32.2. The van der Waals surface area contributed by atoms with E-state index in [1.165, 1.54) is 6.07 Å². The molecule has 0 aliphatic heterocycles. The molecular weight excluding hydrogens is 473 g/mol. The Hall–Kier alpha value is -1.29. The lowest BCUT2D eigenvalue weighted by Gasteiger charge is -2.34. The van der Waals surface area contributed by atoms with Crippen molar-refractivity contribution in [1.82, 2.24) is 10.3 Å². The van der Waals surface area contributed by atoms with Gasteiger partial charge in [-0.1, -0.05) is 12.8 Å². The largest absolute Gasteiger partial charge is 0.433 e. The molecule has 1 aromatic heterocycles. The van der Waals surface area contributed by atoms with Crippen molar-refractivity contribution < 1.29 is 26.4 Å². The summed E-state index contributed by atoms with van der Waals surface area (Å²) in [6.07, 6.45) is 4.87. The average molecular weight is 505 g/mol. The van der Waals surface area contributed by atoms with Crippen LogP contribution in [-0.2, 0) is 16.0 Å². The number of rotatable bonds is 9. The molecule has 1 heterocycles. The van der Waals surface area contributed by atoms with Crippen LogP contribution < -0.4 is 5.32 Å². The van der Waals surface area contributed by atoms with E-state index in [-0.39, 0.29) is 27.8 Å². The lowest BCUT2D eigenvalue weighted by Crippen LogP contribution is -2.43. The number of nitrogens with one attached hydrogen (secondary N) is 1. The van der Waals surface area contributed by atoms with E-state index in [4.69, 9.17) is 0 Å². The monoisotopic (exact) mass is 504 g/mol. The summed E-state index contributed by atoms with van der Waals surface area (Å²) < 4.78 is 64.4.